The van der Waals surface area contributed by atoms with Crippen LogP contribution in [0.25, 0.3) is 5.82 Å². The van der Waals surface area contributed by atoms with Crippen LogP contribution in [-0.2, 0) is 10.0 Å². The zero-order valence-electron chi connectivity index (χ0n) is 11.9. The minimum atomic E-state index is -3.32. The summed E-state index contributed by atoms with van der Waals surface area (Å²) in [5, 5.41) is 4.50. The van der Waals surface area contributed by atoms with E-state index >= 15 is 0 Å². The first-order valence-electron chi connectivity index (χ1n) is 6.79. The van der Waals surface area contributed by atoms with Crippen LogP contribution in [0.2, 0.25) is 0 Å². The number of rotatable bonds is 5. The van der Waals surface area contributed by atoms with Crippen molar-refractivity contribution in [1.82, 2.24) is 24.5 Å². The van der Waals surface area contributed by atoms with Crippen LogP contribution < -0.4 is 4.72 Å². The molecular weight excluding hydrogens is 290 g/mol. The highest BCUT2D eigenvalue weighted by Crippen LogP contribution is 2.38. The van der Waals surface area contributed by atoms with Gasteiger partial charge >= 0.3 is 0 Å². The lowest BCUT2D eigenvalue weighted by Crippen LogP contribution is -2.27. The fourth-order valence-corrected chi connectivity index (χ4v) is 2.90. The predicted octanol–water partition coefficient (Wildman–Crippen LogP) is 1.15. The lowest BCUT2D eigenvalue weighted by molar-refractivity contribution is 0.559. The van der Waals surface area contributed by atoms with Gasteiger partial charge in [0.15, 0.2) is 17.5 Å². The van der Waals surface area contributed by atoms with E-state index in [1.807, 2.05) is 18.2 Å². The fourth-order valence-electron chi connectivity index (χ4n) is 2.16. The zero-order valence-corrected chi connectivity index (χ0v) is 12.7. The first-order chi connectivity index (χ1) is 9.94. The summed E-state index contributed by atoms with van der Waals surface area (Å²) in [6, 6.07) is 5.03. The van der Waals surface area contributed by atoms with Gasteiger partial charge in [0.05, 0.1) is 12.3 Å². The second kappa shape index (κ2) is 5.19. The maximum Gasteiger partial charge on any atom is 0.209 e. The van der Waals surface area contributed by atoms with Crippen LogP contribution in [0.1, 0.15) is 43.4 Å². The third-order valence-electron chi connectivity index (χ3n) is 3.24. The molecule has 1 atom stereocenters. The topological polar surface area (TPSA) is 89.8 Å². The van der Waals surface area contributed by atoms with Crippen LogP contribution in [0.15, 0.2) is 24.4 Å². The molecule has 7 nitrogen and oxygen atoms in total. The molecule has 0 aromatic carbocycles. The van der Waals surface area contributed by atoms with Gasteiger partial charge in [0.2, 0.25) is 10.0 Å². The quantitative estimate of drug-likeness (QED) is 0.895. The molecule has 112 valence electrons. The minimum Gasteiger partial charge on any atom is -0.237 e. The summed E-state index contributed by atoms with van der Waals surface area (Å²) in [5.74, 6) is 2.34. The molecule has 2 heterocycles. The Kier molecular flexibility index (Phi) is 3.50. The van der Waals surface area contributed by atoms with E-state index in [-0.39, 0.29) is 0 Å². The smallest absolute Gasteiger partial charge is 0.209 e. The molecule has 0 aliphatic heterocycles. The van der Waals surface area contributed by atoms with E-state index in [9.17, 15) is 8.42 Å². The Bertz CT molecular complexity index is 737. The first-order valence-corrected chi connectivity index (χ1v) is 8.69. The summed E-state index contributed by atoms with van der Waals surface area (Å²) < 4.78 is 27.0. The molecule has 0 bridgehead atoms. The van der Waals surface area contributed by atoms with Crippen LogP contribution in [0.5, 0.6) is 0 Å². The van der Waals surface area contributed by atoms with Crippen LogP contribution in [-0.4, -0.2) is 34.4 Å². The summed E-state index contributed by atoms with van der Waals surface area (Å²) in [5.41, 5.74) is 0. The van der Waals surface area contributed by atoms with Gasteiger partial charge in [-0.25, -0.2) is 23.1 Å². The SMILES string of the molecule is C[C@H](NS(C)(=O)=O)c1nc(C2CC2)nn1-c1ccccn1. The van der Waals surface area contributed by atoms with Crippen LogP contribution >= 0.6 is 0 Å². The summed E-state index contributed by atoms with van der Waals surface area (Å²) >= 11 is 0. The molecule has 1 aliphatic carbocycles. The van der Waals surface area contributed by atoms with Crippen molar-refractivity contribution in [2.24, 2.45) is 0 Å². The van der Waals surface area contributed by atoms with Crippen molar-refractivity contribution in [3.05, 3.63) is 36.0 Å². The monoisotopic (exact) mass is 307 g/mol. The van der Waals surface area contributed by atoms with Gasteiger partial charge in [-0.2, -0.15) is 4.68 Å². The molecule has 1 fully saturated rings. The summed E-state index contributed by atoms with van der Waals surface area (Å²) in [6.07, 6.45) is 4.97. The van der Waals surface area contributed by atoms with Gasteiger partial charge in [-0.05, 0) is 31.9 Å². The Hall–Kier alpha value is -1.80. The first kappa shape index (κ1) is 14.2. The Morgan fingerprint density at radius 2 is 2.14 bits per heavy atom. The van der Waals surface area contributed by atoms with Gasteiger partial charge in [0.1, 0.15) is 0 Å². The van der Waals surface area contributed by atoms with Crippen LogP contribution in [0, 0.1) is 0 Å². The number of hydrogen-bond donors (Lipinski definition) is 1. The summed E-state index contributed by atoms with van der Waals surface area (Å²) in [7, 11) is -3.32. The molecule has 0 radical (unpaired) electrons. The second-order valence-corrected chi connectivity index (χ2v) is 7.09. The molecule has 1 aliphatic rings. The van der Waals surface area contributed by atoms with Gasteiger partial charge in [0.25, 0.3) is 0 Å². The Labute approximate surface area is 123 Å². The molecule has 8 heteroatoms. The van der Waals surface area contributed by atoms with Gasteiger partial charge in [-0.15, -0.1) is 5.10 Å². The number of hydrogen-bond acceptors (Lipinski definition) is 5. The molecule has 2 aromatic rings. The third kappa shape index (κ3) is 3.27. The average Bonchev–Trinajstić information content (AvgIpc) is 3.16. The van der Waals surface area contributed by atoms with Crippen molar-refractivity contribution in [3.8, 4) is 5.82 Å². The van der Waals surface area contributed by atoms with Crippen molar-refractivity contribution in [1.29, 1.82) is 0 Å². The highest BCUT2D eigenvalue weighted by atomic mass is 32.2. The lowest BCUT2D eigenvalue weighted by atomic mass is 10.3. The third-order valence-corrected chi connectivity index (χ3v) is 4.02. The normalized spacial score (nSPS) is 16.9. The zero-order chi connectivity index (χ0) is 15.0. The molecule has 0 amide bonds. The fraction of sp³-hybridized carbons (Fsp3) is 0.462. The van der Waals surface area contributed by atoms with E-state index in [4.69, 9.17) is 0 Å². The summed E-state index contributed by atoms with van der Waals surface area (Å²) in [6.45, 7) is 1.75. The van der Waals surface area contributed by atoms with E-state index in [0.29, 0.717) is 17.6 Å². The standard InChI is InChI=1S/C13H17N5O2S/c1-9(17-21(2,19)20)13-15-12(10-6-7-10)16-18(13)11-5-3-4-8-14-11/h3-5,8-10,17H,6-7H2,1-2H3/t9-/m0/s1. The summed E-state index contributed by atoms with van der Waals surface area (Å²) in [4.78, 5) is 8.78. The predicted molar refractivity (Wildman–Crippen MR) is 77.5 cm³/mol. The molecule has 0 unspecified atom stereocenters. The molecule has 1 saturated carbocycles. The van der Waals surface area contributed by atoms with Crippen molar-refractivity contribution in [3.63, 3.8) is 0 Å². The number of aromatic nitrogens is 4. The van der Waals surface area contributed by atoms with Crippen molar-refractivity contribution in [2.45, 2.75) is 31.7 Å². The van der Waals surface area contributed by atoms with Gasteiger partial charge in [-0.3, -0.25) is 0 Å². The molecular formula is C13H17N5O2S. The van der Waals surface area contributed by atoms with E-state index in [1.54, 1.807) is 17.8 Å². The van der Waals surface area contributed by atoms with Crippen molar-refractivity contribution < 1.29 is 8.42 Å². The van der Waals surface area contributed by atoms with Gasteiger partial charge < -0.3 is 0 Å². The molecule has 0 saturated heterocycles. The van der Waals surface area contributed by atoms with Crippen molar-refractivity contribution >= 4 is 10.0 Å². The molecule has 3 rings (SSSR count). The highest BCUT2D eigenvalue weighted by Gasteiger charge is 2.30. The molecule has 1 N–H and O–H groups in total. The van der Waals surface area contributed by atoms with Gasteiger partial charge in [0, 0.05) is 12.1 Å². The van der Waals surface area contributed by atoms with E-state index in [0.717, 1.165) is 24.9 Å². The maximum absolute atomic E-state index is 11.4. The largest absolute Gasteiger partial charge is 0.237 e. The van der Waals surface area contributed by atoms with E-state index in [1.165, 1.54) is 0 Å². The Balaban J connectivity index is 2.01. The minimum absolute atomic E-state index is 0.388. The maximum atomic E-state index is 11.4. The number of pyridine rings is 1. The number of nitrogens with one attached hydrogen (secondary N) is 1. The van der Waals surface area contributed by atoms with E-state index < -0.39 is 16.1 Å². The Morgan fingerprint density at radius 1 is 1.38 bits per heavy atom. The second-order valence-electron chi connectivity index (χ2n) is 5.31. The van der Waals surface area contributed by atoms with E-state index in [2.05, 4.69) is 19.8 Å². The number of nitrogens with zero attached hydrogens (tertiary/aromatic N) is 4. The molecule has 2 aromatic heterocycles. The number of sulfonamides is 1. The molecule has 21 heavy (non-hydrogen) atoms. The Morgan fingerprint density at radius 3 is 2.71 bits per heavy atom. The van der Waals surface area contributed by atoms with Crippen LogP contribution in [0.4, 0.5) is 0 Å². The lowest BCUT2D eigenvalue weighted by Gasteiger charge is -2.12. The highest BCUT2D eigenvalue weighted by molar-refractivity contribution is 7.88. The van der Waals surface area contributed by atoms with Gasteiger partial charge in [-0.1, -0.05) is 6.07 Å². The van der Waals surface area contributed by atoms with Crippen LogP contribution in [0.3, 0.4) is 0 Å². The van der Waals surface area contributed by atoms with Crippen molar-refractivity contribution in [2.75, 3.05) is 6.26 Å². The average molecular weight is 307 g/mol. The molecule has 0 spiro atoms.